The van der Waals surface area contributed by atoms with Gasteiger partial charge in [0.05, 0.1) is 12.3 Å². The Morgan fingerprint density at radius 3 is 2.68 bits per heavy atom. The number of furan rings is 1. The molecule has 0 aliphatic carbocycles. The maximum atomic E-state index is 13.4. The molecule has 8 heteroatoms. The molecule has 0 aliphatic heterocycles. The fraction of sp³-hybridized carbons (Fsp3) is 0.115. The van der Waals surface area contributed by atoms with Crippen molar-refractivity contribution in [2.45, 2.75) is 18.6 Å². The quantitative estimate of drug-likeness (QED) is 0.265. The van der Waals surface area contributed by atoms with Gasteiger partial charge in [0.15, 0.2) is 5.16 Å². The van der Waals surface area contributed by atoms with Gasteiger partial charge in [-0.1, -0.05) is 48.2 Å². The van der Waals surface area contributed by atoms with Gasteiger partial charge < -0.3 is 9.73 Å². The molecule has 6 nitrogen and oxygen atoms in total. The van der Waals surface area contributed by atoms with Crippen LogP contribution in [0.5, 0.6) is 0 Å². The number of amides is 1. The van der Waals surface area contributed by atoms with Gasteiger partial charge in [0, 0.05) is 11.1 Å². The van der Waals surface area contributed by atoms with Crippen LogP contribution in [0.1, 0.15) is 11.1 Å². The van der Waals surface area contributed by atoms with E-state index in [2.05, 4.69) is 5.32 Å². The molecule has 0 bridgehead atoms. The number of para-hydroxylation sites is 1. The lowest BCUT2D eigenvalue weighted by molar-refractivity contribution is -0.113. The summed E-state index contributed by atoms with van der Waals surface area (Å²) >= 11 is 1.17. The van der Waals surface area contributed by atoms with Crippen molar-refractivity contribution in [3.8, 4) is 0 Å². The first-order chi connectivity index (χ1) is 16.5. The third-order valence-electron chi connectivity index (χ3n) is 5.34. The van der Waals surface area contributed by atoms with E-state index in [-0.39, 0.29) is 35.2 Å². The Bertz CT molecular complexity index is 1570. The van der Waals surface area contributed by atoms with Crippen molar-refractivity contribution in [3.63, 3.8) is 0 Å². The van der Waals surface area contributed by atoms with Crippen molar-refractivity contribution in [1.82, 2.24) is 9.55 Å². The summed E-state index contributed by atoms with van der Waals surface area (Å²) in [5, 5.41) is 3.98. The fourth-order valence-corrected chi connectivity index (χ4v) is 4.52. The van der Waals surface area contributed by atoms with Crippen molar-refractivity contribution < 1.29 is 13.6 Å². The highest BCUT2D eigenvalue weighted by Gasteiger charge is 2.19. The van der Waals surface area contributed by atoms with Crippen LogP contribution in [-0.2, 0) is 11.3 Å². The maximum absolute atomic E-state index is 13.4. The predicted octanol–water partition coefficient (Wildman–Crippen LogP) is 5.37. The lowest BCUT2D eigenvalue weighted by Crippen LogP contribution is -2.24. The summed E-state index contributed by atoms with van der Waals surface area (Å²) in [5.41, 5.74) is 3.29. The molecule has 170 valence electrons. The summed E-state index contributed by atoms with van der Waals surface area (Å²) in [6.45, 7) is 2.12. The average molecular weight is 474 g/mol. The molecule has 0 radical (unpaired) electrons. The van der Waals surface area contributed by atoms with Gasteiger partial charge >= 0.3 is 0 Å². The Kier molecular flexibility index (Phi) is 5.90. The molecule has 0 atom stereocenters. The van der Waals surface area contributed by atoms with E-state index in [0.717, 1.165) is 16.5 Å². The predicted molar refractivity (Wildman–Crippen MR) is 132 cm³/mol. The van der Waals surface area contributed by atoms with Gasteiger partial charge in [0.2, 0.25) is 11.5 Å². The summed E-state index contributed by atoms with van der Waals surface area (Å²) in [5.74, 6) is -0.509. The van der Waals surface area contributed by atoms with E-state index in [4.69, 9.17) is 9.40 Å². The van der Waals surface area contributed by atoms with Crippen LogP contribution in [0.25, 0.3) is 22.1 Å². The number of carbonyl (C=O) groups excluding carboxylic acids is 1. The second-order valence-corrected chi connectivity index (χ2v) is 8.84. The molecule has 3 aromatic carbocycles. The van der Waals surface area contributed by atoms with Crippen LogP contribution in [-0.4, -0.2) is 21.2 Å². The minimum atomic E-state index is -0.357. The minimum absolute atomic E-state index is 0.0606. The number of nitrogens with one attached hydrogen (secondary N) is 1. The number of nitrogens with zero attached hydrogens (tertiary/aromatic N) is 2. The standard InChI is InChI=1S/C26H20FN3O3S/c1-16-5-4-6-19(13-16)28-22(31)15-34-26-29-23-20-7-2-3-8-21(20)33-24(23)25(32)30(26)14-17-9-11-18(27)12-10-17/h2-13H,14-15H2,1H3,(H,28,31). The van der Waals surface area contributed by atoms with Crippen LogP contribution in [0.2, 0.25) is 0 Å². The van der Waals surface area contributed by atoms with Crippen LogP contribution in [0.15, 0.2) is 87.2 Å². The van der Waals surface area contributed by atoms with Crippen LogP contribution in [0, 0.1) is 12.7 Å². The number of hydrogen-bond donors (Lipinski definition) is 1. The zero-order valence-corrected chi connectivity index (χ0v) is 19.1. The maximum Gasteiger partial charge on any atom is 0.298 e. The van der Waals surface area contributed by atoms with Gasteiger partial charge in [-0.2, -0.15) is 0 Å². The smallest absolute Gasteiger partial charge is 0.298 e. The molecule has 2 heterocycles. The van der Waals surface area contributed by atoms with Crippen LogP contribution >= 0.6 is 11.8 Å². The molecule has 1 N–H and O–H groups in total. The molecule has 5 rings (SSSR count). The third-order valence-corrected chi connectivity index (χ3v) is 6.31. The second-order valence-electron chi connectivity index (χ2n) is 7.89. The average Bonchev–Trinajstić information content (AvgIpc) is 3.20. The zero-order chi connectivity index (χ0) is 23.7. The summed E-state index contributed by atoms with van der Waals surface area (Å²) in [6.07, 6.45) is 0. The Labute approximate surface area is 198 Å². The number of benzene rings is 3. The fourth-order valence-electron chi connectivity index (χ4n) is 3.73. The molecule has 0 saturated carbocycles. The largest absolute Gasteiger partial charge is 0.448 e. The lowest BCUT2D eigenvalue weighted by atomic mass is 10.2. The molecule has 1 amide bonds. The number of aromatic nitrogens is 2. The van der Waals surface area contributed by atoms with E-state index in [1.54, 1.807) is 18.2 Å². The van der Waals surface area contributed by atoms with Crippen LogP contribution in [0.3, 0.4) is 0 Å². The normalized spacial score (nSPS) is 11.2. The van der Waals surface area contributed by atoms with Gasteiger partial charge in [-0.25, -0.2) is 9.37 Å². The molecule has 0 fully saturated rings. The van der Waals surface area contributed by atoms with Crippen LogP contribution < -0.4 is 10.9 Å². The van der Waals surface area contributed by atoms with E-state index in [0.29, 0.717) is 21.9 Å². The number of carbonyl (C=O) groups is 1. The number of hydrogen-bond acceptors (Lipinski definition) is 5. The van der Waals surface area contributed by atoms with E-state index in [1.165, 1.54) is 28.5 Å². The Morgan fingerprint density at radius 1 is 1.09 bits per heavy atom. The third kappa shape index (κ3) is 4.45. The zero-order valence-electron chi connectivity index (χ0n) is 18.2. The van der Waals surface area contributed by atoms with Gasteiger partial charge in [0.1, 0.15) is 16.9 Å². The first-order valence-corrected chi connectivity index (χ1v) is 11.6. The molecule has 0 aliphatic rings. The van der Waals surface area contributed by atoms with E-state index in [1.807, 2.05) is 49.4 Å². The molecular formula is C26H20FN3O3S. The number of aryl methyl sites for hydroxylation is 1. The number of thioether (sulfide) groups is 1. The molecule has 0 saturated heterocycles. The van der Waals surface area contributed by atoms with Gasteiger partial charge in [-0.15, -0.1) is 0 Å². The van der Waals surface area contributed by atoms with Crippen molar-refractivity contribution >= 4 is 45.4 Å². The summed E-state index contributed by atoms with van der Waals surface area (Å²) in [4.78, 5) is 30.7. The Hall–Kier alpha value is -3.91. The number of anilines is 1. The van der Waals surface area contributed by atoms with Gasteiger partial charge in [-0.05, 0) is 54.4 Å². The van der Waals surface area contributed by atoms with E-state index in [9.17, 15) is 14.0 Å². The topological polar surface area (TPSA) is 77.1 Å². The first-order valence-electron chi connectivity index (χ1n) is 10.6. The number of rotatable bonds is 6. The summed E-state index contributed by atoms with van der Waals surface area (Å²) in [6, 6.07) is 20.7. The Morgan fingerprint density at radius 2 is 1.88 bits per heavy atom. The molecule has 0 spiro atoms. The molecule has 5 aromatic rings. The monoisotopic (exact) mass is 473 g/mol. The van der Waals surface area contributed by atoms with Crippen LogP contribution in [0.4, 0.5) is 10.1 Å². The second kappa shape index (κ2) is 9.15. The highest BCUT2D eigenvalue weighted by atomic mass is 32.2. The van der Waals surface area contributed by atoms with Crippen molar-refractivity contribution in [1.29, 1.82) is 0 Å². The SMILES string of the molecule is Cc1cccc(NC(=O)CSc2nc3c(oc4ccccc43)c(=O)n2Cc2ccc(F)cc2)c1. The molecule has 34 heavy (non-hydrogen) atoms. The number of fused-ring (bicyclic) bond motifs is 3. The first kappa shape index (κ1) is 21.9. The minimum Gasteiger partial charge on any atom is -0.448 e. The highest BCUT2D eigenvalue weighted by Crippen LogP contribution is 2.27. The van der Waals surface area contributed by atoms with Crippen molar-refractivity contribution in [2.75, 3.05) is 11.1 Å². The van der Waals surface area contributed by atoms with Crippen molar-refractivity contribution in [2.24, 2.45) is 0 Å². The van der Waals surface area contributed by atoms with Gasteiger partial charge in [-0.3, -0.25) is 14.2 Å². The van der Waals surface area contributed by atoms with E-state index >= 15 is 0 Å². The molecular weight excluding hydrogens is 453 g/mol. The lowest BCUT2D eigenvalue weighted by Gasteiger charge is -2.12. The highest BCUT2D eigenvalue weighted by molar-refractivity contribution is 7.99. The molecule has 2 aromatic heterocycles. The summed E-state index contributed by atoms with van der Waals surface area (Å²) in [7, 11) is 0. The Balaban J connectivity index is 1.51. The number of halogens is 1. The van der Waals surface area contributed by atoms with Crippen molar-refractivity contribution in [3.05, 3.63) is 100 Å². The van der Waals surface area contributed by atoms with Gasteiger partial charge in [0.25, 0.3) is 5.56 Å². The summed E-state index contributed by atoms with van der Waals surface area (Å²) < 4.78 is 20.6. The van der Waals surface area contributed by atoms with E-state index < -0.39 is 0 Å². The molecule has 0 unspecified atom stereocenters.